The standard InChI is InChI=1S/C23H19N5O4S2/c29-18-9-10-19(30)28(18)17-7-5-14(6-8-17)21(32)24-22-25-26-23(34-22)33-13-20(31)27-11-15-3-1-2-4-16(15)12-27/h1-8H,9-13H2,(H,24,25,32). The maximum absolute atomic E-state index is 12.6. The van der Waals surface area contributed by atoms with Gasteiger partial charge in [-0.1, -0.05) is 47.4 Å². The van der Waals surface area contributed by atoms with E-state index in [1.807, 2.05) is 29.2 Å². The van der Waals surface area contributed by atoms with Crippen LogP contribution in [0, 0.1) is 0 Å². The van der Waals surface area contributed by atoms with Crippen molar-refractivity contribution in [2.24, 2.45) is 0 Å². The average molecular weight is 494 g/mol. The topological polar surface area (TPSA) is 113 Å². The third-order valence-corrected chi connectivity index (χ3v) is 7.54. The molecule has 3 heterocycles. The van der Waals surface area contributed by atoms with Gasteiger partial charge in [-0.25, -0.2) is 0 Å². The summed E-state index contributed by atoms with van der Waals surface area (Å²) >= 11 is 2.48. The van der Waals surface area contributed by atoms with Crippen molar-refractivity contribution in [3.63, 3.8) is 0 Å². The van der Waals surface area contributed by atoms with E-state index < -0.39 is 0 Å². The highest BCUT2D eigenvalue weighted by Gasteiger charge is 2.30. The van der Waals surface area contributed by atoms with Crippen molar-refractivity contribution < 1.29 is 19.2 Å². The van der Waals surface area contributed by atoms with Crippen LogP contribution in [-0.4, -0.2) is 44.5 Å². The third-order valence-electron chi connectivity index (χ3n) is 5.58. The lowest BCUT2D eigenvalue weighted by Gasteiger charge is -2.14. The molecule has 172 valence electrons. The van der Waals surface area contributed by atoms with Gasteiger partial charge in [-0.05, 0) is 35.4 Å². The lowest BCUT2D eigenvalue weighted by atomic mass is 10.1. The quantitative estimate of drug-likeness (QED) is 0.319. The van der Waals surface area contributed by atoms with Crippen molar-refractivity contribution in [3.05, 3.63) is 65.2 Å². The molecule has 34 heavy (non-hydrogen) atoms. The Labute approximate surface area is 203 Å². The van der Waals surface area contributed by atoms with Crippen molar-refractivity contribution in [1.82, 2.24) is 15.1 Å². The summed E-state index contributed by atoms with van der Waals surface area (Å²) in [7, 11) is 0. The van der Waals surface area contributed by atoms with E-state index in [0.29, 0.717) is 33.8 Å². The molecule has 2 aliphatic heterocycles. The van der Waals surface area contributed by atoms with E-state index in [9.17, 15) is 19.2 Å². The molecular formula is C23H19N5O4S2. The minimum atomic E-state index is -0.385. The number of carbonyl (C=O) groups excluding carboxylic acids is 4. The summed E-state index contributed by atoms with van der Waals surface area (Å²) in [5.41, 5.74) is 3.15. The van der Waals surface area contributed by atoms with E-state index in [4.69, 9.17) is 0 Å². The zero-order chi connectivity index (χ0) is 23.7. The van der Waals surface area contributed by atoms with Crippen LogP contribution in [0.15, 0.2) is 52.9 Å². The van der Waals surface area contributed by atoms with E-state index in [1.54, 1.807) is 24.3 Å². The molecular weight excluding hydrogens is 474 g/mol. The van der Waals surface area contributed by atoms with Gasteiger partial charge < -0.3 is 4.90 Å². The SMILES string of the molecule is O=C(Nc1nnc(SCC(=O)N2Cc3ccccc3C2)s1)c1ccc(N2C(=O)CCC2=O)cc1. The summed E-state index contributed by atoms with van der Waals surface area (Å²) in [6.45, 7) is 1.23. The zero-order valence-electron chi connectivity index (χ0n) is 17.9. The second-order valence-corrected chi connectivity index (χ2v) is 10.0. The Bertz CT molecular complexity index is 1250. The van der Waals surface area contributed by atoms with Crippen molar-refractivity contribution in [3.8, 4) is 0 Å². The third kappa shape index (κ3) is 4.57. The number of nitrogens with zero attached hydrogens (tertiary/aromatic N) is 4. The molecule has 4 amide bonds. The molecule has 2 aromatic carbocycles. The first kappa shape index (κ1) is 22.2. The summed E-state index contributed by atoms with van der Waals surface area (Å²) in [5.74, 6) is -0.602. The van der Waals surface area contributed by atoms with Crippen LogP contribution < -0.4 is 10.2 Å². The van der Waals surface area contributed by atoms with Gasteiger partial charge in [0, 0.05) is 31.5 Å². The second kappa shape index (κ2) is 9.35. The molecule has 0 spiro atoms. The molecule has 9 nitrogen and oxygen atoms in total. The summed E-state index contributed by atoms with van der Waals surface area (Å²) < 4.78 is 0.585. The molecule has 0 radical (unpaired) electrons. The van der Waals surface area contributed by atoms with Crippen LogP contribution in [0.3, 0.4) is 0 Å². The lowest BCUT2D eigenvalue weighted by molar-refractivity contribution is -0.129. The van der Waals surface area contributed by atoms with Gasteiger partial charge in [0.25, 0.3) is 5.91 Å². The van der Waals surface area contributed by atoms with Crippen molar-refractivity contribution in [2.75, 3.05) is 16.0 Å². The first-order valence-corrected chi connectivity index (χ1v) is 12.4. The predicted octanol–water partition coefficient (Wildman–Crippen LogP) is 3.08. The van der Waals surface area contributed by atoms with Gasteiger partial charge in [0.15, 0.2) is 4.34 Å². The van der Waals surface area contributed by atoms with Gasteiger partial charge in [0.1, 0.15) is 0 Å². The smallest absolute Gasteiger partial charge is 0.257 e. The monoisotopic (exact) mass is 493 g/mol. The van der Waals surface area contributed by atoms with Crippen molar-refractivity contribution >= 4 is 57.5 Å². The molecule has 1 N–H and O–H groups in total. The fourth-order valence-electron chi connectivity index (χ4n) is 3.84. The van der Waals surface area contributed by atoms with Crippen LogP contribution in [0.4, 0.5) is 10.8 Å². The Hall–Kier alpha value is -3.57. The normalized spacial score (nSPS) is 15.1. The van der Waals surface area contributed by atoms with Crippen LogP contribution in [0.5, 0.6) is 0 Å². The molecule has 1 fully saturated rings. The van der Waals surface area contributed by atoms with E-state index in [-0.39, 0.29) is 42.2 Å². The Morgan fingerprint density at radius 3 is 2.24 bits per heavy atom. The maximum Gasteiger partial charge on any atom is 0.257 e. The number of hydrogen-bond donors (Lipinski definition) is 1. The molecule has 0 aliphatic carbocycles. The summed E-state index contributed by atoms with van der Waals surface area (Å²) in [4.78, 5) is 51.8. The highest BCUT2D eigenvalue weighted by Crippen LogP contribution is 2.28. The van der Waals surface area contributed by atoms with E-state index in [2.05, 4.69) is 15.5 Å². The molecule has 1 saturated heterocycles. The average Bonchev–Trinajstić information content (AvgIpc) is 3.56. The predicted molar refractivity (Wildman–Crippen MR) is 127 cm³/mol. The molecule has 0 saturated carbocycles. The van der Waals surface area contributed by atoms with Crippen LogP contribution >= 0.6 is 23.1 Å². The number of imide groups is 1. The minimum Gasteiger partial charge on any atom is -0.333 e. The van der Waals surface area contributed by atoms with Crippen LogP contribution in [0.25, 0.3) is 0 Å². The summed E-state index contributed by atoms with van der Waals surface area (Å²) in [6.07, 6.45) is 0.408. The van der Waals surface area contributed by atoms with Gasteiger partial charge >= 0.3 is 0 Å². The Morgan fingerprint density at radius 2 is 1.59 bits per heavy atom. The number of carbonyl (C=O) groups is 4. The Morgan fingerprint density at radius 1 is 0.941 bits per heavy atom. The fourth-order valence-corrected chi connectivity index (χ4v) is 5.49. The molecule has 0 atom stereocenters. The van der Waals surface area contributed by atoms with E-state index in [1.165, 1.54) is 34.2 Å². The molecule has 5 rings (SSSR count). The molecule has 0 bridgehead atoms. The van der Waals surface area contributed by atoms with E-state index >= 15 is 0 Å². The molecule has 11 heteroatoms. The number of anilines is 2. The molecule has 1 aromatic heterocycles. The van der Waals surface area contributed by atoms with Crippen molar-refractivity contribution in [2.45, 2.75) is 30.3 Å². The number of thioether (sulfide) groups is 1. The number of aromatic nitrogens is 2. The van der Waals surface area contributed by atoms with Gasteiger partial charge in [-0.3, -0.25) is 29.4 Å². The second-order valence-electron chi connectivity index (χ2n) is 7.80. The largest absolute Gasteiger partial charge is 0.333 e. The van der Waals surface area contributed by atoms with Gasteiger partial charge in [-0.15, -0.1) is 10.2 Å². The van der Waals surface area contributed by atoms with Crippen LogP contribution in [-0.2, 0) is 27.5 Å². The van der Waals surface area contributed by atoms with Gasteiger partial charge in [0.2, 0.25) is 22.9 Å². The number of nitrogens with one attached hydrogen (secondary N) is 1. The van der Waals surface area contributed by atoms with E-state index in [0.717, 1.165) is 4.90 Å². The fraction of sp³-hybridized carbons (Fsp3) is 0.217. The number of benzene rings is 2. The maximum atomic E-state index is 12.6. The summed E-state index contributed by atoms with van der Waals surface area (Å²) in [6, 6.07) is 14.3. The zero-order valence-corrected chi connectivity index (χ0v) is 19.5. The number of rotatable bonds is 6. The minimum absolute atomic E-state index is 0.0250. The highest BCUT2D eigenvalue weighted by molar-refractivity contribution is 8.01. The van der Waals surface area contributed by atoms with Gasteiger partial charge in [-0.2, -0.15) is 0 Å². The molecule has 3 aromatic rings. The first-order chi connectivity index (χ1) is 16.5. The number of amides is 4. The summed E-state index contributed by atoms with van der Waals surface area (Å²) in [5, 5.41) is 11.0. The van der Waals surface area contributed by atoms with Crippen LogP contribution in [0.2, 0.25) is 0 Å². The number of hydrogen-bond acceptors (Lipinski definition) is 8. The molecule has 0 unspecified atom stereocenters. The lowest BCUT2D eigenvalue weighted by Crippen LogP contribution is -2.28. The number of fused-ring (bicyclic) bond motifs is 1. The van der Waals surface area contributed by atoms with Crippen molar-refractivity contribution in [1.29, 1.82) is 0 Å². The van der Waals surface area contributed by atoms with Gasteiger partial charge in [0.05, 0.1) is 11.4 Å². The Balaban J connectivity index is 1.14. The molecule has 2 aliphatic rings. The highest BCUT2D eigenvalue weighted by atomic mass is 32.2. The van der Waals surface area contributed by atoms with Crippen LogP contribution in [0.1, 0.15) is 34.3 Å². The first-order valence-electron chi connectivity index (χ1n) is 10.6. The Kier molecular flexibility index (Phi) is 6.12.